The van der Waals surface area contributed by atoms with Gasteiger partial charge in [-0.2, -0.15) is 5.10 Å². The smallest absolute Gasteiger partial charge is 0.312 e. The van der Waals surface area contributed by atoms with Crippen LogP contribution in [0.4, 0.5) is 4.39 Å². The van der Waals surface area contributed by atoms with Gasteiger partial charge in [-0.25, -0.2) is 4.39 Å². The van der Waals surface area contributed by atoms with Crippen molar-refractivity contribution in [1.82, 2.24) is 29.1 Å². The van der Waals surface area contributed by atoms with E-state index < -0.39 is 5.97 Å². The zero-order chi connectivity index (χ0) is 32.5. The van der Waals surface area contributed by atoms with Gasteiger partial charge >= 0.3 is 5.97 Å². The number of carbonyl (C=O) groups excluding carboxylic acids is 2. The van der Waals surface area contributed by atoms with Crippen LogP contribution in [0.3, 0.4) is 0 Å². The molecule has 4 aromatic rings. The first-order valence-electron chi connectivity index (χ1n) is 16.2. The molecular formula is C35H41FN6O4. The van der Waals surface area contributed by atoms with Crippen molar-refractivity contribution in [2.75, 3.05) is 13.1 Å². The van der Waals surface area contributed by atoms with E-state index in [2.05, 4.69) is 18.1 Å². The minimum absolute atomic E-state index is 0.0909. The molecule has 0 spiro atoms. The third kappa shape index (κ3) is 6.54. The number of rotatable bonds is 7. The van der Waals surface area contributed by atoms with E-state index in [0.717, 1.165) is 84.6 Å². The second-order valence-corrected chi connectivity index (χ2v) is 12.7. The summed E-state index contributed by atoms with van der Waals surface area (Å²) in [6.07, 6.45) is 9.35. The van der Waals surface area contributed by atoms with Gasteiger partial charge in [0.15, 0.2) is 0 Å². The fraction of sp³-hybridized carbons (Fsp3) is 0.457. The molecule has 2 fully saturated rings. The van der Waals surface area contributed by atoms with Crippen LogP contribution >= 0.6 is 0 Å². The predicted molar refractivity (Wildman–Crippen MR) is 171 cm³/mol. The van der Waals surface area contributed by atoms with Gasteiger partial charge in [0.2, 0.25) is 5.91 Å². The zero-order valence-corrected chi connectivity index (χ0v) is 26.8. The number of carbonyl (C=O) groups is 3. The summed E-state index contributed by atoms with van der Waals surface area (Å²) in [7, 11) is 1.89. The van der Waals surface area contributed by atoms with Gasteiger partial charge in [0, 0.05) is 78.5 Å². The first-order valence-corrected chi connectivity index (χ1v) is 16.2. The number of carboxylic acid groups (broad SMARTS) is 1. The lowest BCUT2D eigenvalue weighted by atomic mass is 9.96. The molecule has 3 aliphatic rings. The highest BCUT2D eigenvalue weighted by Gasteiger charge is 2.30. The standard InChI is InChI=1S/C27H28FN5O.C8H13NO3/c1-4-24-20(8-5-16(2)30-24)21-9-18(27(34)33-13-19-11-29-31(3)25(19)15-33)10-22-23(28)14-32(26(21)22)12-17-6-7-17;10-7(6-8(11)12)9-4-2-1-3-5-9/h5,8-11,14,17H,4,6-7,12-13,15H2,1-3H3;1-6H2,(H,11,12). The Kier molecular flexibility index (Phi) is 8.93. The molecule has 0 radical (unpaired) electrons. The molecule has 2 aliphatic heterocycles. The lowest BCUT2D eigenvalue weighted by molar-refractivity contribution is -0.144. The number of aromatic nitrogens is 4. The maximum Gasteiger partial charge on any atom is 0.312 e. The van der Waals surface area contributed by atoms with Crippen LogP contribution < -0.4 is 0 Å². The lowest BCUT2D eigenvalue weighted by Gasteiger charge is -2.25. The summed E-state index contributed by atoms with van der Waals surface area (Å²) in [6, 6.07) is 7.73. The monoisotopic (exact) mass is 628 g/mol. The number of hydrogen-bond acceptors (Lipinski definition) is 5. The van der Waals surface area contributed by atoms with Gasteiger partial charge in [0.25, 0.3) is 5.91 Å². The number of nitrogens with zero attached hydrogens (tertiary/aromatic N) is 6. The summed E-state index contributed by atoms with van der Waals surface area (Å²) in [5.74, 6) is -1.05. The number of piperidine rings is 1. The molecule has 242 valence electrons. The third-order valence-corrected chi connectivity index (χ3v) is 9.21. The molecule has 1 saturated heterocycles. The predicted octanol–water partition coefficient (Wildman–Crippen LogP) is 5.49. The number of halogens is 1. The minimum Gasteiger partial charge on any atom is -0.481 e. The van der Waals surface area contributed by atoms with Crippen LogP contribution in [0.5, 0.6) is 0 Å². The van der Waals surface area contributed by atoms with E-state index in [0.29, 0.717) is 30.0 Å². The summed E-state index contributed by atoms with van der Waals surface area (Å²) in [6.45, 7) is 7.35. The lowest BCUT2D eigenvalue weighted by Crippen LogP contribution is -2.36. The second-order valence-electron chi connectivity index (χ2n) is 12.7. The molecule has 1 saturated carbocycles. The van der Waals surface area contributed by atoms with Crippen molar-refractivity contribution < 1.29 is 23.9 Å². The topological polar surface area (TPSA) is 114 Å². The Balaban J connectivity index is 0.000000262. The molecule has 1 N–H and O–H groups in total. The van der Waals surface area contributed by atoms with Crippen LogP contribution in [0.1, 0.15) is 78.5 Å². The average molecular weight is 629 g/mol. The fourth-order valence-corrected chi connectivity index (χ4v) is 6.57. The van der Waals surface area contributed by atoms with Crippen molar-refractivity contribution in [3.63, 3.8) is 0 Å². The van der Waals surface area contributed by atoms with Crippen molar-refractivity contribution in [1.29, 1.82) is 0 Å². The minimum atomic E-state index is -1.04. The quantitative estimate of drug-likeness (QED) is 0.271. The third-order valence-electron chi connectivity index (χ3n) is 9.21. The van der Waals surface area contributed by atoms with E-state index in [1.54, 1.807) is 17.2 Å². The average Bonchev–Trinajstić information content (AvgIpc) is 3.52. The molecule has 11 heteroatoms. The van der Waals surface area contributed by atoms with E-state index in [1.165, 1.54) is 12.8 Å². The summed E-state index contributed by atoms with van der Waals surface area (Å²) in [4.78, 5) is 43.2. The number of pyridine rings is 1. The molecule has 3 aromatic heterocycles. The van der Waals surface area contributed by atoms with Crippen molar-refractivity contribution in [3.05, 3.63) is 70.7 Å². The van der Waals surface area contributed by atoms with E-state index in [1.807, 2.05) is 46.4 Å². The maximum absolute atomic E-state index is 15.3. The Morgan fingerprint density at radius 1 is 1.02 bits per heavy atom. The molecule has 0 unspecified atom stereocenters. The Bertz CT molecular complexity index is 1800. The molecule has 1 aliphatic carbocycles. The Hall–Kier alpha value is -4.54. The van der Waals surface area contributed by atoms with Gasteiger partial charge in [-0.1, -0.05) is 13.0 Å². The number of benzene rings is 1. The second kappa shape index (κ2) is 13.1. The summed E-state index contributed by atoms with van der Waals surface area (Å²) >= 11 is 0. The molecular weight excluding hydrogens is 587 g/mol. The maximum atomic E-state index is 15.3. The van der Waals surface area contributed by atoms with Crippen LogP contribution in [0, 0.1) is 18.7 Å². The molecule has 7 rings (SSSR count). The first kappa shape index (κ1) is 31.4. The summed E-state index contributed by atoms with van der Waals surface area (Å²) < 4.78 is 19.1. The SMILES string of the molecule is CCc1nc(C)ccc1-c1cc(C(=O)N2Cc3cnn(C)c3C2)cc2c(F)cn(CC3CC3)c12.O=C(O)CC(=O)N1CCCCC1. The number of aryl methyl sites for hydroxylation is 3. The number of fused-ring (bicyclic) bond motifs is 2. The highest BCUT2D eigenvalue weighted by molar-refractivity contribution is 6.04. The summed E-state index contributed by atoms with van der Waals surface area (Å²) in [5.41, 5.74) is 7.24. The molecule has 5 heterocycles. The van der Waals surface area contributed by atoms with Gasteiger partial charge in [-0.15, -0.1) is 0 Å². The largest absolute Gasteiger partial charge is 0.481 e. The van der Waals surface area contributed by atoms with Crippen molar-refractivity contribution in [2.24, 2.45) is 13.0 Å². The van der Waals surface area contributed by atoms with Crippen LogP contribution in [0.2, 0.25) is 0 Å². The van der Waals surface area contributed by atoms with Gasteiger partial charge < -0.3 is 19.5 Å². The number of aliphatic carboxylic acids is 1. The van der Waals surface area contributed by atoms with Gasteiger partial charge in [0.05, 0.1) is 24.0 Å². The van der Waals surface area contributed by atoms with Gasteiger partial charge in [0.1, 0.15) is 12.2 Å². The molecule has 0 atom stereocenters. The number of amides is 2. The van der Waals surface area contributed by atoms with Crippen LogP contribution in [0.25, 0.3) is 22.0 Å². The molecule has 0 bridgehead atoms. The highest BCUT2D eigenvalue weighted by atomic mass is 19.1. The Morgan fingerprint density at radius 3 is 2.46 bits per heavy atom. The zero-order valence-electron chi connectivity index (χ0n) is 26.8. The van der Waals surface area contributed by atoms with Crippen molar-refractivity contribution in [2.45, 2.75) is 78.4 Å². The number of likely N-dealkylation sites (tertiary alicyclic amines) is 1. The molecule has 10 nitrogen and oxygen atoms in total. The van der Waals surface area contributed by atoms with E-state index in [4.69, 9.17) is 10.1 Å². The highest BCUT2D eigenvalue weighted by Crippen LogP contribution is 2.38. The van der Waals surface area contributed by atoms with E-state index in [9.17, 15) is 14.4 Å². The number of carboxylic acids is 1. The summed E-state index contributed by atoms with van der Waals surface area (Å²) in [5, 5.41) is 13.2. The number of hydrogen-bond donors (Lipinski definition) is 1. The molecule has 46 heavy (non-hydrogen) atoms. The Labute approximate surface area is 267 Å². The van der Waals surface area contributed by atoms with E-state index >= 15 is 4.39 Å². The molecule has 1 aromatic carbocycles. The normalized spacial score (nSPS) is 15.9. The fourth-order valence-electron chi connectivity index (χ4n) is 6.57. The first-order chi connectivity index (χ1) is 22.1. The van der Waals surface area contributed by atoms with Crippen LogP contribution in [-0.4, -0.2) is 65.1 Å². The Morgan fingerprint density at radius 2 is 1.78 bits per heavy atom. The van der Waals surface area contributed by atoms with Gasteiger partial charge in [-0.3, -0.25) is 24.0 Å². The van der Waals surface area contributed by atoms with Crippen LogP contribution in [-0.2, 0) is 42.7 Å². The van der Waals surface area contributed by atoms with Crippen molar-refractivity contribution >= 4 is 28.7 Å². The van der Waals surface area contributed by atoms with Crippen LogP contribution in [0.15, 0.2) is 36.7 Å². The van der Waals surface area contributed by atoms with E-state index in [-0.39, 0.29) is 24.1 Å². The molecule has 2 amide bonds. The van der Waals surface area contributed by atoms with Gasteiger partial charge in [-0.05, 0) is 69.6 Å². The van der Waals surface area contributed by atoms with Crippen molar-refractivity contribution in [3.8, 4) is 11.1 Å².